The number of hydrogen-bond donors (Lipinski definition) is 2. The first-order valence-electron chi connectivity index (χ1n) is 4.10. The van der Waals surface area contributed by atoms with Crippen molar-refractivity contribution in [1.82, 2.24) is 0 Å². The van der Waals surface area contributed by atoms with E-state index in [4.69, 9.17) is 16.1 Å². The molecule has 0 aliphatic rings. The Morgan fingerprint density at radius 3 is 2.50 bits per heavy atom. The summed E-state index contributed by atoms with van der Waals surface area (Å²) in [5, 5.41) is 17.6. The predicted octanol–water partition coefficient (Wildman–Crippen LogP) is 0.560. The molecular weight excluding hydrogens is 180 g/mol. The summed E-state index contributed by atoms with van der Waals surface area (Å²) in [6, 6.07) is 8.15. The molecular formula is C10H10N2O2. The number of nitriles is 1. The van der Waals surface area contributed by atoms with Crippen LogP contribution in [-0.2, 0) is 11.2 Å². The summed E-state index contributed by atoms with van der Waals surface area (Å²) in [5.41, 5.74) is 5.81. The summed E-state index contributed by atoms with van der Waals surface area (Å²) in [7, 11) is 0. The van der Waals surface area contributed by atoms with E-state index in [-0.39, 0.29) is 12.2 Å². The number of phenolic OH excluding ortho intramolecular Hbond substituents is 1. The number of rotatable bonds is 3. The molecule has 14 heavy (non-hydrogen) atoms. The van der Waals surface area contributed by atoms with Gasteiger partial charge in [0.2, 0.25) is 5.91 Å². The number of nitrogens with zero attached hydrogens (tertiary/aromatic N) is 1. The Morgan fingerprint density at radius 2 is 2.07 bits per heavy atom. The van der Waals surface area contributed by atoms with Crippen LogP contribution in [0.3, 0.4) is 0 Å². The fraction of sp³-hybridized carbons (Fsp3) is 0.200. The lowest BCUT2D eigenvalue weighted by atomic mass is 10.0. The van der Waals surface area contributed by atoms with Gasteiger partial charge in [0.15, 0.2) is 0 Å². The summed E-state index contributed by atoms with van der Waals surface area (Å²) < 4.78 is 0. The van der Waals surface area contributed by atoms with Gasteiger partial charge in [0, 0.05) is 0 Å². The molecule has 3 N–H and O–H groups in total. The van der Waals surface area contributed by atoms with Crippen molar-refractivity contribution in [2.75, 3.05) is 0 Å². The van der Waals surface area contributed by atoms with E-state index in [9.17, 15) is 4.79 Å². The van der Waals surface area contributed by atoms with Crippen molar-refractivity contribution in [3.63, 3.8) is 0 Å². The molecule has 1 rings (SSSR count). The van der Waals surface area contributed by atoms with Gasteiger partial charge in [-0.3, -0.25) is 4.79 Å². The summed E-state index contributed by atoms with van der Waals surface area (Å²) >= 11 is 0. The van der Waals surface area contributed by atoms with E-state index in [2.05, 4.69) is 0 Å². The molecule has 0 spiro atoms. The first-order chi connectivity index (χ1) is 6.63. The average molecular weight is 190 g/mol. The number of carbonyl (C=O) groups excluding carboxylic acids is 1. The quantitative estimate of drug-likeness (QED) is 0.730. The molecule has 0 heterocycles. The number of phenols is 1. The SMILES string of the molecule is N#CC(Cc1ccc(O)cc1)C(N)=O. The number of amides is 1. The average Bonchev–Trinajstić information content (AvgIpc) is 2.16. The molecule has 1 atom stereocenters. The van der Waals surface area contributed by atoms with Crippen molar-refractivity contribution in [1.29, 1.82) is 5.26 Å². The monoisotopic (exact) mass is 190 g/mol. The first kappa shape index (κ1) is 10.1. The Balaban J connectivity index is 2.74. The molecule has 0 aliphatic carbocycles. The number of benzene rings is 1. The molecule has 0 aliphatic heterocycles. The van der Waals surface area contributed by atoms with Crippen LogP contribution in [0.1, 0.15) is 5.56 Å². The Hall–Kier alpha value is -2.02. The second kappa shape index (κ2) is 4.28. The van der Waals surface area contributed by atoms with Gasteiger partial charge in [-0.05, 0) is 24.1 Å². The lowest BCUT2D eigenvalue weighted by molar-refractivity contribution is -0.120. The van der Waals surface area contributed by atoms with Crippen LogP contribution in [0.4, 0.5) is 0 Å². The summed E-state index contributed by atoms with van der Waals surface area (Å²) in [6.07, 6.45) is 0.284. The topological polar surface area (TPSA) is 87.1 Å². The third-order valence-corrected chi connectivity index (χ3v) is 1.88. The highest BCUT2D eigenvalue weighted by molar-refractivity contribution is 5.79. The second-order valence-corrected chi connectivity index (χ2v) is 2.95. The third-order valence-electron chi connectivity index (χ3n) is 1.88. The van der Waals surface area contributed by atoms with Crippen LogP contribution >= 0.6 is 0 Å². The van der Waals surface area contributed by atoms with Gasteiger partial charge < -0.3 is 10.8 Å². The van der Waals surface area contributed by atoms with Crippen LogP contribution in [0.2, 0.25) is 0 Å². The molecule has 4 nitrogen and oxygen atoms in total. The predicted molar refractivity (Wildman–Crippen MR) is 50.1 cm³/mol. The van der Waals surface area contributed by atoms with Crippen LogP contribution in [-0.4, -0.2) is 11.0 Å². The summed E-state index contributed by atoms with van der Waals surface area (Å²) in [4.78, 5) is 10.8. The zero-order valence-electron chi connectivity index (χ0n) is 7.47. The Kier molecular flexibility index (Phi) is 3.08. The van der Waals surface area contributed by atoms with Crippen molar-refractivity contribution in [3.05, 3.63) is 29.8 Å². The van der Waals surface area contributed by atoms with Crippen LogP contribution in [0, 0.1) is 17.2 Å². The summed E-state index contributed by atoms with van der Waals surface area (Å²) in [6.45, 7) is 0. The van der Waals surface area contributed by atoms with E-state index in [1.165, 1.54) is 12.1 Å². The maximum atomic E-state index is 10.8. The number of carbonyl (C=O) groups is 1. The standard InChI is InChI=1S/C10H10N2O2/c11-6-8(10(12)14)5-7-1-3-9(13)4-2-7/h1-4,8,13H,5H2,(H2,12,14). The fourth-order valence-electron chi connectivity index (χ4n) is 1.08. The van der Waals surface area contributed by atoms with Crippen molar-refractivity contribution >= 4 is 5.91 Å². The van der Waals surface area contributed by atoms with Crippen molar-refractivity contribution in [2.45, 2.75) is 6.42 Å². The molecule has 0 fully saturated rings. The maximum Gasteiger partial charge on any atom is 0.235 e. The number of nitrogens with two attached hydrogens (primary N) is 1. The van der Waals surface area contributed by atoms with Gasteiger partial charge in [-0.15, -0.1) is 0 Å². The molecule has 1 aromatic rings. The molecule has 1 amide bonds. The van der Waals surface area contributed by atoms with E-state index in [1.54, 1.807) is 12.1 Å². The van der Waals surface area contributed by atoms with Gasteiger partial charge in [-0.1, -0.05) is 12.1 Å². The zero-order chi connectivity index (χ0) is 10.6. The van der Waals surface area contributed by atoms with E-state index in [0.717, 1.165) is 5.56 Å². The Labute approximate surface area is 81.6 Å². The minimum Gasteiger partial charge on any atom is -0.508 e. The van der Waals surface area contributed by atoms with Crippen LogP contribution < -0.4 is 5.73 Å². The third kappa shape index (κ3) is 2.49. The van der Waals surface area contributed by atoms with Crippen molar-refractivity contribution < 1.29 is 9.90 Å². The number of hydrogen-bond acceptors (Lipinski definition) is 3. The molecule has 1 aromatic carbocycles. The van der Waals surface area contributed by atoms with Gasteiger partial charge in [-0.2, -0.15) is 5.26 Å². The molecule has 1 unspecified atom stereocenters. The Morgan fingerprint density at radius 1 is 1.50 bits per heavy atom. The Bertz CT molecular complexity index is 365. The largest absolute Gasteiger partial charge is 0.508 e. The van der Waals surface area contributed by atoms with Gasteiger partial charge in [0.1, 0.15) is 11.7 Å². The van der Waals surface area contributed by atoms with E-state index < -0.39 is 11.8 Å². The van der Waals surface area contributed by atoms with Gasteiger partial charge >= 0.3 is 0 Å². The van der Waals surface area contributed by atoms with Gasteiger partial charge in [0.05, 0.1) is 6.07 Å². The molecule has 0 saturated carbocycles. The van der Waals surface area contributed by atoms with Crippen LogP contribution in [0.25, 0.3) is 0 Å². The highest BCUT2D eigenvalue weighted by Gasteiger charge is 2.14. The van der Waals surface area contributed by atoms with Gasteiger partial charge in [0.25, 0.3) is 0 Å². The second-order valence-electron chi connectivity index (χ2n) is 2.95. The van der Waals surface area contributed by atoms with E-state index in [0.29, 0.717) is 0 Å². The smallest absolute Gasteiger partial charge is 0.235 e. The van der Waals surface area contributed by atoms with Crippen LogP contribution in [0.15, 0.2) is 24.3 Å². The highest BCUT2D eigenvalue weighted by atomic mass is 16.3. The lowest BCUT2D eigenvalue weighted by Gasteiger charge is -2.04. The molecule has 0 bridgehead atoms. The van der Waals surface area contributed by atoms with E-state index >= 15 is 0 Å². The molecule has 72 valence electrons. The first-order valence-corrected chi connectivity index (χ1v) is 4.10. The zero-order valence-corrected chi connectivity index (χ0v) is 7.47. The maximum absolute atomic E-state index is 10.8. The van der Waals surface area contributed by atoms with Crippen molar-refractivity contribution in [2.24, 2.45) is 11.7 Å². The minimum absolute atomic E-state index is 0.154. The number of primary amides is 1. The van der Waals surface area contributed by atoms with Crippen molar-refractivity contribution in [3.8, 4) is 11.8 Å². The normalized spacial score (nSPS) is 11.6. The fourth-order valence-corrected chi connectivity index (χ4v) is 1.08. The highest BCUT2D eigenvalue weighted by Crippen LogP contribution is 2.13. The molecule has 4 heteroatoms. The molecule has 0 aromatic heterocycles. The lowest BCUT2D eigenvalue weighted by Crippen LogP contribution is -2.23. The van der Waals surface area contributed by atoms with Crippen LogP contribution in [0.5, 0.6) is 5.75 Å². The summed E-state index contributed by atoms with van der Waals surface area (Å²) in [5.74, 6) is -1.28. The molecule has 0 radical (unpaired) electrons. The van der Waals surface area contributed by atoms with E-state index in [1.807, 2.05) is 6.07 Å². The van der Waals surface area contributed by atoms with Gasteiger partial charge in [-0.25, -0.2) is 0 Å². The number of aromatic hydroxyl groups is 1. The molecule has 0 saturated heterocycles. The minimum atomic E-state index is -0.806.